The van der Waals surface area contributed by atoms with Gasteiger partial charge >= 0.3 is 12.1 Å². The van der Waals surface area contributed by atoms with Gasteiger partial charge in [0.25, 0.3) is 5.91 Å². The van der Waals surface area contributed by atoms with Crippen LogP contribution in [-0.2, 0) is 4.79 Å². The summed E-state index contributed by atoms with van der Waals surface area (Å²) in [6.07, 6.45) is -1.59. The van der Waals surface area contributed by atoms with Crippen molar-refractivity contribution in [1.82, 2.24) is 9.88 Å². The molecular weight excluding hydrogens is 274 g/mol. The number of anilines is 1. The minimum absolute atomic E-state index is 0.0941. The van der Waals surface area contributed by atoms with E-state index >= 15 is 0 Å². The smallest absolute Gasteiger partial charge is 0.315 e. The second-order valence-electron chi connectivity index (χ2n) is 4.22. The maximum atomic E-state index is 12.3. The number of aromatic nitrogens is 1. The summed E-state index contributed by atoms with van der Waals surface area (Å²) in [5, 5.41) is 10.9. The lowest BCUT2D eigenvalue weighted by Crippen LogP contribution is -2.50. The predicted molar refractivity (Wildman–Crippen MR) is 65.7 cm³/mol. The topological polar surface area (TPSA) is 79.6 Å². The number of hydrogen-bond donors (Lipinski definition) is 0. The van der Waals surface area contributed by atoms with E-state index < -0.39 is 17.3 Å². The zero-order valence-corrected chi connectivity index (χ0v) is 10.4. The Balaban J connectivity index is 2.08. The van der Waals surface area contributed by atoms with Gasteiger partial charge in [-0.2, -0.15) is 8.78 Å². The number of halogens is 2. The highest BCUT2D eigenvalue weighted by atomic mass is 19.3. The number of nitro groups is 1. The minimum atomic E-state index is -3.02. The van der Waals surface area contributed by atoms with Gasteiger partial charge in [-0.1, -0.05) is 0 Å². The highest BCUT2D eigenvalue weighted by Gasteiger charge is 2.29. The second kappa shape index (κ2) is 5.76. The number of carbonyl (C=O) groups excluding carboxylic acids is 1. The average molecular weight is 286 g/mol. The molecule has 0 aliphatic carbocycles. The van der Waals surface area contributed by atoms with Crippen LogP contribution in [0.1, 0.15) is 0 Å². The van der Waals surface area contributed by atoms with Crippen molar-refractivity contribution in [3.63, 3.8) is 0 Å². The molecule has 0 aromatic carbocycles. The van der Waals surface area contributed by atoms with Gasteiger partial charge in [-0.3, -0.25) is 14.9 Å². The molecule has 1 aromatic rings. The summed E-state index contributed by atoms with van der Waals surface area (Å²) < 4.78 is 24.6. The zero-order chi connectivity index (χ0) is 14.7. The maximum absolute atomic E-state index is 12.3. The first-order valence-corrected chi connectivity index (χ1v) is 5.92. The average Bonchev–Trinajstić information content (AvgIpc) is 2.46. The fraction of sp³-hybridized carbons (Fsp3) is 0.455. The van der Waals surface area contributed by atoms with Crippen LogP contribution in [0.3, 0.4) is 0 Å². The molecule has 0 N–H and O–H groups in total. The zero-order valence-electron chi connectivity index (χ0n) is 10.4. The monoisotopic (exact) mass is 286 g/mol. The summed E-state index contributed by atoms with van der Waals surface area (Å²) in [6.45, 7) is 0.653. The summed E-state index contributed by atoms with van der Waals surface area (Å²) in [6, 6.07) is 2.79. The van der Waals surface area contributed by atoms with Crippen LogP contribution in [0.15, 0.2) is 18.3 Å². The van der Waals surface area contributed by atoms with Crippen LogP contribution >= 0.6 is 0 Å². The third-order valence-corrected chi connectivity index (χ3v) is 3.04. The molecule has 0 radical (unpaired) electrons. The summed E-state index contributed by atoms with van der Waals surface area (Å²) in [5.41, 5.74) is -0.138. The Morgan fingerprint density at radius 1 is 1.35 bits per heavy atom. The first-order valence-electron chi connectivity index (χ1n) is 5.92. The molecule has 1 aromatic heterocycles. The van der Waals surface area contributed by atoms with Crippen molar-refractivity contribution in [3.8, 4) is 0 Å². The number of nitrogens with zero attached hydrogens (tertiary/aromatic N) is 4. The Hall–Kier alpha value is -2.32. The lowest BCUT2D eigenvalue weighted by molar-refractivity contribution is -0.384. The molecule has 1 amide bonds. The van der Waals surface area contributed by atoms with Gasteiger partial charge in [0.15, 0.2) is 0 Å². The van der Waals surface area contributed by atoms with Gasteiger partial charge in [-0.15, -0.1) is 0 Å². The van der Waals surface area contributed by atoms with Crippen molar-refractivity contribution < 1.29 is 18.5 Å². The minimum Gasteiger partial charge on any atom is -0.347 e. The van der Waals surface area contributed by atoms with Crippen LogP contribution in [0.4, 0.5) is 20.3 Å². The molecule has 2 rings (SSSR count). The van der Waals surface area contributed by atoms with Crippen molar-refractivity contribution in [3.05, 3.63) is 28.4 Å². The predicted octanol–water partition coefficient (Wildman–Crippen LogP) is 0.904. The molecule has 9 heteroatoms. The van der Waals surface area contributed by atoms with Crippen LogP contribution in [0.5, 0.6) is 0 Å². The molecule has 108 valence electrons. The third kappa shape index (κ3) is 2.81. The molecule has 0 atom stereocenters. The number of piperazine rings is 1. The largest absolute Gasteiger partial charge is 0.347 e. The highest BCUT2D eigenvalue weighted by Crippen LogP contribution is 2.25. The second-order valence-corrected chi connectivity index (χ2v) is 4.22. The van der Waals surface area contributed by atoms with E-state index in [1.54, 1.807) is 4.90 Å². The summed E-state index contributed by atoms with van der Waals surface area (Å²) >= 11 is 0. The molecule has 1 saturated heterocycles. The molecule has 0 unspecified atom stereocenters. The van der Waals surface area contributed by atoms with Gasteiger partial charge in [0.2, 0.25) is 5.82 Å². The van der Waals surface area contributed by atoms with Crippen LogP contribution in [0, 0.1) is 10.1 Å². The number of rotatable bonds is 3. The Labute approximate surface area is 113 Å². The van der Waals surface area contributed by atoms with Gasteiger partial charge in [-0.05, 0) is 6.07 Å². The van der Waals surface area contributed by atoms with Gasteiger partial charge in [0.1, 0.15) is 0 Å². The molecule has 7 nitrogen and oxygen atoms in total. The number of carbonyl (C=O) groups is 1. The van der Waals surface area contributed by atoms with E-state index in [2.05, 4.69) is 4.98 Å². The van der Waals surface area contributed by atoms with E-state index in [-0.39, 0.29) is 37.7 Å². The van der Waals surface area contributed by atoms with Crippen molar-refractivity contribution in [1.29, 1.82) is 0 Å². The molecule has 20 heavy (non-hydrogen) atoms. The van der Waals surface area contributed by atoms with E-state index in [4.69, 9.17) is 0 Å². The van der Waals surface area contributed by atoms with Crippen LogP contribution < -0.4 is 4.90 Å². The maximum Gasteiger partial charge on any atom is 0.315 e. The molecule has 0 saturated carbocycles. The first kappa shape index (κ1) is 14.1. The lowest BCUT2D eigenvalue weighted by Gasteiger charge is -2.34. The SMILES string of the molecule is O=C(C(F)F)N1CCN(c2ncccc2[N+](=O)[O-])CC1. The standard InChI is InChI=1S/C11H12F2N4O3/c12-9(13)11(18)16-6-4-15(5-7-16)10-8(17(19)20)2-1-3-14-10/h1-3,9H,4-7H2. The number of hydrogen-bond acceptors (Lipinski definition) is 5. The van der Waals surface area contributed by atoms with Crippen molar-refractivity contribution in [2.24, 2.45) is 0 Å². The van der Waals surface area contributed by atoms with E-state index in [9.17, 15) is 23.7 Å². The Kier molecular flexibility index (Phi) is 4.06. The van der Waals surface area contributed by atoms with E-state index in [1.807, 2.05) is 0 Å². The van der Waals surface area contributed by atoms with Crippen LogP contribution in [-0.4, -0.2) is 53.3 Å². The third-order valence-electron chi connectivity index (χ3n) is 3.04. The summed E-state index contributed by atoms with van der Waals surface area (Å²) in [7, 11) is 0. The molecule has 0 spiro atoms. The molecule has 1 fully saturated rings. The fourth-order valence-corrected chi connectivity index (χ4v) is 2.05. The van der Waals surface area contributed by atoms with E-state index in [0.717, 1.165) is 4.90 Å². The number of pyridine rings is 1. The van der Waals surface area contributed by atoms with Crippen molar-refractivity contribution in [2.75, 3.05) is 31.1 Å². The molecule has 1 aliphatic heterocycles. The molecular formula is C11H12F2N4O3. The van der Waals surface area contributed by atoms with Crippen molar-refractivity contribution >= 4 is 17.4 Å². The quantitative estimate of drug-likeness (QED) is 0.609. The summed E-state index contributed by atoms with van der Waals surface area (Å²) in [5.74, 6) is -1.01. The van der Waals surface area contributed by atoms with Crippen molar-refractivity contribution in [2.45, 2.75) is 6.43 Å². The first-order chi connectivity index (χ1) is 9.50. The van der Waals surface area contributed by atoms with Gasteiger partial charge in [-0.25, -0.2) is 4.98 Å². The van der Waals surface area contributed by atoms with Gasteiger partial charge < -0.3 is 9.80 Å². The fourth-order valence-electron chi connectivity index (χ4n) is 2.05. The molecule has 0 bridgehead atoms. The molecule has 2 heterocycles. The van der Waals surface area contributed by atoms with Gasteiger partial charge in [0.05, 0.1) is 4.92 Å². The van der Waals surface area contributed by atoms with Gasteiger partial charge in [0, 0.05) is 38.4 Å². The molecule has 1 aliphatic rings. The van der Waals surface area contributed by atoms with Crippen LogP contribution in [0.2, 0.25) is 0 Å². The Bertz CT molecular complexity index is 518. The highest BCUT2D eigenvalue weighted by molar-refractivity contribution is 5.79. The number of alkyl halides is 2. The van der Waals surface area contributed by atoms with E-state index in [1.165, 1.54) is 18.3 Å². The van der Waals surface area contributed by atoms with Crippen LogP contribution in [0.25, 0.3) is 0 Å². The lowest BCUT2D eigenvalue weighted by atomic mass is 10.3. The Morgan fingerprint density at radius 2 is 2.00 bits per heavy atom. The van der Waals surface area contributed by atoms with E-state index in [0.29, 0.717) is 0 Å². The summed E-state index contributed by atoms with van der Waals surface area (Å²) in [4.78, 5) is 28.1. The normalized spacial score (nSPS) is 15.6. The number of amides is 1. The Morgan fingerprint density at radius 3 is 2.55 bits per heavy atom.